The third-order valence-corrected chi connectivity index (χ3v) is 3.48. The van der Waals surface area contributed by atoms with Gasteiger partial charge in [-0.1, -0.05) is 38.1 Å². The van der Waals surface area contributed by atoms with E-state index in [-0.39, 0.29) is 12.6 Å². The molecule has 1 unspecified atom stereocenters. The van der Waals surface area contributed by atoms with E-state index in [1.165, 1.54) is 11.1 Å². The number of nitrogens with zero attached hydrogens (tertiary/aromatic N) is 1. The molecular formula is C15H21NO2. The minimum Gasteiger partial charge on any atom is -0.480 e. The lowest BCUT2D eigenvalue weighted by atomic mass is 10.1. The van der Waals surface area contributed by atoms with E-state index in [9.17, 15) is 4.79 Å². The molecule has 3 nitrogen and oxygen atoms in total. The average Bonchev–Trinajstić information content (AvgIpc) is 2.70. The van der Waals surface area contributed by atoms with E-state index < -0.39 is 5.97 Å². The van der Waals surface area contributed by atoms with E-state index in [0.29, 0.717) is 5.92 Å². The first-order chi connectivity index (χ1) is 8.58. The Morgan fingerprint density at radius 2 is 2.17 bits per heavy atom. The second-order valence-corrected chi connectivity index (χ2v) is 5.47. The van der Waals surface area contributed by atoms with Crippen LogP contribution in [0.5, 0.6) is 0 Å². The number of carboxylic acid groups (broad SMARTS) is 1. The molecule has 0 aromatic heterocycles. The zero-order valence-electron chi connectivity index (χ0n) is 11.1. The van der Waals surface area contributed by atoms with Gasteiger partial charge in [0.2, 0.25) is 0 Å². The zero-order chi connectivity index (χ0) is 13.1. The normalized spacial score (nSPS) is 18.3. The number of aliphatic carboxylic acids is 1. The van der Waals surface area contributed by atoms with Crippen molar-refractivity contribution in [3.63, 3.8) is 0 Å². The Hall–Kier alpha value is -1.35. The molecule has 98 valence electrons. The summed E-state index contributed by atoms with van der Waals surface area (Å²) in [7, 11) is 0. The highest BCUT2D eigenvalue weighted by atomic mass is 16.4. The van der Waals surface area contributed by atoms with Gasteiger partial charge >= 0.3 is 5.97 Å². The number of fused-ring (bicyclic) bond motifs is 1. The summed E-state index contributed by atoms with van der Waals surface area (Å²) in [5.74, 6) is -0.253. The lowest BCUT2D eigenvalue weighted by Gasteiger charge is -2.29. The predicted octanol–water partition coefficient (Wildman–Crippen LogP) is 2.72. The average molecular weight is 247 g/mol. The highest BCUT2D eigenvalue weighted by Gasteiger charge is 2.28. The van der Waals surface area contributed by atoms with Gasteiger partial charge in [0, 0.05) is 12.6 Å². The van der Waals surface area contributed by atoms with Crippen LogP contribution in [-0.4, -0.2) is 29.1 Å². The lowest BCUT2D eigenvalue weighted by Crippen LogP contribution is -2.35. The van der Waals surface area contributed by atoms with Crippen LogP contribution in [0.2, 0.25) is 0 Å². The maximum absolute atomic E-state index is 11.0. The van der Waals surface area contributed by atoms with Crippen LogP contribution in [0.15, 0.2) is 24.3 Å². The van der Waals surface area contributed by atoms with Gasteiger partial charge in [-0.2, -0.15) is 0 Å². The molecule has 3 heteroatoms. The van der Waals surface area contributed by atoms with Gasteiger partial charge in [0.05, 0.1) is 6.54 Å². The summed E-state index contributed by atoms with van der Waals surface area (Å²) < 4.78 is 0. The summed E-state index contributed by atoms with van der Waals surface area (Å²) in [6, 6.07) is 8.68. The van der Waals surface area contributed by atoms with E-state index in [2.05, 4.69) is 36.9 Å². The Balaban J connectivity index is 2.19. The number of hydrogen-bond acceptors (Lipinski definition) is 2. The van der Waals surface area contributed by atoms with Crippen molar-refractivity contribution in [3.05, 3.63) is 35.4 Å². The lowest BCUT2D eigenvalue weighted by molar-refractivity contribution is -0.139. The molecule has 1 atom stereocenters. The smallest absolute Gasteiger partial charge is 0.317 e. The van der Waals surface area contributed by atoms with E-state index >= 15 is 0 Å². The molecular weight excluding hydrogens is 226 g/mol. The van der Waals surface area contributed by atoms with Crippen LogP contribution >= 0.6 is 0 Å². The van der Waals surface area contributed by atoms with Crippen molar-refractivity contribution in [2.24, 2.45) is 5.92 Å². The monoisotopic (exact) mass is 247 g/mol. The fourth-order valence-electron chi connectivity index (χ4n) is 2.86. The molecule has 1 aromatic rings. The van der Waals surface area contributed by atoms with E-state index in [4.69, 9.17) is 5.11 Å². The summed E-state index contributed by atoms with van der Waals surface area (Å²) in [6.07, 6.45) is 2.11. The standard InChI is InChI=1S/C15H21NO2/c1-11(2)9-16(10-15(17)18)14-8-7-12-5-3-4-6-13(12)14/h3-6,11,14H,7-10H2,1-2H3,(H,17,18). The molecule has 0 radical (unpaired) electrons. The first kappa shape index (κ1) is 13.1. The molecule has 1 aliphatic carbocycles. The third kappa shape index (κ3) is 2.91. The second-order valence-electron chi connectivity index (χ2n) is 5.47. The molecule has 0 saturated carbocycles. The molecule has 18 heavy (non-hydrogen) atoms. The number of benzene rings is 1. The summed E-state index contributed by atoms with van der Waals surface area (Å²) >= 11 is 0. The van der Waals surface area contributed by atoms with Gasteiger partial charge in [-0.3, -0.25) is 9.69 Å². The van der Waals surface area contributed by atoms with Crippen molar-refractivity contribution in [2.75, 3.05) is 13.1 Å². The maximum atomic E-state index is 11.0. The van der Waals surface area contributed by atoms with Crippen molar-refractivity contribution in [1.29, 1.82) is 0 Å². The highest BCUT2D eigenvalue weighted by molar-refractivity contribution is 5.69. The van der Waals surface area contributed by atoms with E-state index in [0.717, 1.165) is 19.4 Å². The quantitative estimate of drug-likeness (QED) is 0.869. The molecule has 0 fully saturated rings. The van der Waals surface area contributed by atoms with Crippen LogP contribution in [-0.2, 0) is 11.2 Å². The second kappa shape index (κ2) is 5.53. The van der Waals surface area contributed by atoms with Gasteiger partial charge in [0.15, 0.2) is 0 Å². The number of carbonyl (C=O) groups is 1. The molecule has 0 saturated heterocycles. The summed E-state index contributed by atoms with van der Waals surface area (Å²) in [5, 5.41) is 9.06. The Morgan fingerprint density at radius 3 is 2.83 bits per heavy atom. The van der Waals surface area contributed by atoms with Crippen molar-refractivity contribution in [2.45, 2.75) is 32.7 Å². The van der Waals surface area contributed by atoms with Crippen LogP contribution in [0.25, 0.3) is 0 Å². The molecule has 0 spiro atoms. The van der Waals surface area contributed by atoms with Gasteiger partial charge in [0.25, 0.3) is 0 Å². The van der Waals surface area contributed by atoms with E-state index in [1.807, 2.05) is 6.07 Å². The van der Waals surface area contributed by atoms with Gasteiger partial charge in [-0.05, 0) is 29.9 Å². The van der Waals surface area contributed by atoms with Crippen molar-refractivity contribution in [3.8, 4) is 0 Å². The van der Waals surface area contributed by atoms with Crippen molar-refractivity contribution < 1.29 is 9.90 Å². The summed E-state index contributed by atoms with van der Waals surface area (Å²) in [5.41, 5.74) is 2.70. The minimum absolute atomic E-state index is 0.136. The molecule has 1 N–H and O–H groups in total. The molecule has 0 bridgehead atoms. The molecule has 0 aliphatic heterocycles. The van der Waals surface area contributed by atoms with E-state index in [1.54, 1.807) is 0 Å². The Labute approximate surface area is 108 Å². The van der Waals surface area contributed by atoms with Gasteiger partial charge in [0.1, 0.15) is 0 Å². The fourth-order valence-corrected chi connectivity index (χ4v) is 2.86. The van der Waals surface area contributed by atoms with Crippen LogP contribution in [0.1, 0.15) is 37.4 Å². The highest BCUT2D eigenvalue weighted by Crippen LogP contribution is 2.35. The Bertz CT molecular complexity index is 428. The molecule has 2 rings (SSSR count). The van der Waals surface area contributed by atoms with Crippen molar-refractivity contribution in [1.82, 2.24) is 4.90 Å². The predicted molar refractivity (Wildman–Crippen MR) is 71.6 cm³/mol. The van der Waals surface area contributed by atoms with Crippen LogP contribution < -0.4 is 0 Å². The number of hydrogen-bond donors (Lipinski definition) is 1. The van der Waals surface area contributed by atoms with Gasteiger partial charge in [-0.15, -0.1) is 0 Å². The minimum atomic E-state index is -0.736. The van der Waals surface area contributed by atoms with Gasteiger partial charge in [-0.25, -0.2) is 0 Å². The first-order valence-electron chi connectivity index (χ1n) is 6.61. The Morgan fingerprint density at radius 1 is 1.44 bits per heavy atom. The Kier molecular flexibility index (Phi) is 4.02. The van der Waals surface area contributed by atoms with Crippen LogP contribution in [0.3, 0.4) is 0 Å². The molecule has 0 amide bonds. The maximum Gasteiger partial charge on any atom is 0.317 e. The number of carboxylic acids is 1. The van der Waals surface area contributed by atoms with Crippen LogP contribution in [0.4, 0.5) is 0 Å². The SMILES string of the molecule is CC(C)CN(CC(=O)O)C1CCc2ccccc21. The topological polar surface area (TPSA) is 40.5 Å². The molecule has 1 aromatic carbocycles. The summed E-state index contributed by atoms with van der Waals surface area (Å²) in [4.78, 5) is 13.1. The number of rotatable bonds is 5. The zero-order valence-corrected chi connectivity index (χ0v) is 11.1. The van der Waals surface area contributed by atoms with Gasteiger partial charge < -0.3 is 5.11 Å². The fraction of sp³-hybridized carbons (Fsp3) is 0.533. The number of aryl methyl sites for hydroxylation is 1. The third-order valence-electron chi connectivity index (χ3n) is 3.48. The molecule has 0 heterocycles. The largest absolute Gasteiger partial charge is 0.480 e. The summed E-state index contributed by atoms with van der Waals surface area (Å²) in [6.45, 7) is 5.24. The van der Waals surface area contributed by atoms with Crippen molar-refractivity contribution >= 4 is 5.97 Å². The molecule has 1 aliphatic rings. The first-order valence-corrected chi connectivity index (χ1v) is 6.61. The van der Waals surface area contributed by atoms with Crippen LogP contribution in [0, 0.1) is 5.92 Å².